The van der Waals surface area contributed by atoms with Crippen LogP contribution in [0.1, 0.15) is 16.7 Å². The summed E-state index contributed by atoms with van der Waals surface area (Å²) < 4.78 is 0. The molecular weight excluding hydrogens is 553 g/mol. The Morgan fingerprint density at radius 3 is 1.78 bits per heavy atom. The zero-order valence-electron chi connectivity index (χ0n) is 25.8. The number of fused-ring (bicyclic) bond motifs is 3. The molecule has 216 valence electrons. The summed E-state index contributed by atoms with van der Waals surface area (Å²) in [5, 5.41) is 5.22. The van der Waals surface area contributed by atoms with Gasteiger partial charge < -0.3 is 0 Å². The first-order chi connectivity index (χ1) is 22.6. The molecule has 7 aromatic rings. The van der Waals surface area contributed by atoms with Gasteiger partial charge in [-0.25, -0.2) is 0 Å². The van der Waals surface area contributed by atoms with Gasteiger partial charge in [0.1, 0.15) is 0 Å². The summed E-state index contributed by atoms with van der Waals surface area (Å²) in [5.41, 5.74) is 17.6. The molecule has 2 aliphatic rings. The minimum Gasteiger partial charge on any atom is -0.0911 e. The van der Waals surface area contributed by atoms with Gasteiger partial charge in [-0.3, -0.25) is 0 Å². The second-order valence-corrected chi connectivity index (χ2v) is 12.6. The van der Waals surface area contributed by atoms with Crippen LogP contribution in [0, 0.1) is 6.92 Å². The Kier molecular flexibility index (Phi) is 6.05. The molecule has 0 fully saturated rings. The lowest BCUT2D eigenvalue weighted by molar-refractivity contribution is 1.30. The molecule has 2 aliphatic carbocycles. The molecule has 0 heterocycles. The van der Waals surface area contributed by atoms with E-state index in [9.17, 15) is 0 Å². The zero-order valence-corrected chi connectivity index (χ0v) is 25.8. The van der Waals surface area contributed by atoms with E-state index in [0.717, 1.165) is 12.0 Å². The molecule has 7 aromatic carbocycles. The average molecular weight is 585 g/mol. The quantitative estimate of drug-likeness (QED) is 0.194. The van der Waals surface area contributed by atoms with Crippen LogP contribution in [0.4, 0.5) is 0 Å². The number of aryl methyl sites for hydroxylation is 1. The summed E-state index contributed by atoms with van der Waals surface area (Å²) in [5.74, 6) is 0. The fraction of sp³-hybridized carbons (Fsp3) is 0.0435. The lowest BCUT2D eigenvalue weighted by Crippen LogP contribution is -1.93. The van der Waals surface area contributed by atoms with Crippen LogP contribution in [0.15, 0.2) is 158 Å². The minimum atomic E-state index is 0.892. The molecule has 0 saturated heterocycles. The number of rotatable bonds is 3. The Bertz CT molecular complexity index is 2420. The monoisotopic (exact) mass is 584 g/mol. The molecule has 0 saturated carbocycles. The van der Waals surface area contributed by atoms with Crippen LogP contribution in [0.25, 0.3) is 82.8 Å². The topological polar surface area (TPSA) is 0 Å². The van der Waals surface area contributed by atoms with Crippen molar-refractivity contribution in [2.24, 2.45) is 0 Å². The highest BCUT2D eigenvalue weighted by atomic mass is 14.3. The van der Waals surface area contributed by atoms with Gasteiger partial charge in [0.05, 0.1) is 0 Å². The fourth-order valence-corrected chi connectivity index (χ4v) is 7.62. The molecule has 0 spiro atoms. The minimum absolute atomic E-state index is 0.892. The molecule has 46 heavy (non-hydrogen) atoms. The van der Waals surface area contributed by atoms with Gasteiger partial charge in [0.25, 0.3) is 0 Å². The van der Waals surface area contributed by atoms with Crippen molar-refractivity contribution in [3.05, 3.63) is 175 Å². The van der Waals surface area contributed by atoms with Gasteiger partial charge >= 0.3 is 0 Å². The molecule has 0 bridgehead atoms. The molecule has 0 nitrogen and oxygen atoms in total. The first kappa shape index (κ1) is 26.7. The van der Waals surface area contributed by atoms with E-state index in [1.54, 1.807) is 0 Å². The summed E-state index contributed by atoms with van der Waals surface area (Å²) in [6.07, 6.45) is 9.48. The first-order valence-corrected chi connectivity index (χ1v) is 16.1. The second-order valence-electron chi connectivity index (χ2n) is 12.6. The van der Waals surface area contributed by atoms with Crippen LogP contribution in [0.5, 0.6) is 0 Å². The molecule has 0 amide bonds. The lowest BCUT2D eigenvalue weighted by atomic mass is 9.86. The SMILES string of the molecule is C=C1/C=C\C=C/Cc2cccc3c(-c4cc(-c5ccc(C)cc5)cc(-c5ccc6c7c(cccc57)-c5ccccc5-6)c4)ccc1c23. The molecule has 0 aromatic heterocycles. The van der Waals surface area contributed by atoms with Gasteiger partial charge in [0.2, 0.25) is 0 Å². The van der Waals surface area contributed by atoms with Crippen molar-refractivity contribution in [2.45, 2.75) is 13.3 Å². The van der Waals surface area contributed by atoms with Crippen molar-refractivity contribution in [2.75, 3.05) is 0 Å². The van der Waals surface area contributed by atoms with Crippen LogP contribution in [0.3, 0.4) is 0 Å². The van der Waals surface area contributed by atoms with Crippen molar-refractivity contribution in [3.63, 3.8) is 0 Å². The second kappa shape index (κ2) is 10.4. The summed E-state index contributed by atoms with van der Waals surface area (Å²) in [6, 6.07) is 47.6. The maximum Gasteiger partial charge on any atom is -0.00201 e. The Labute approximate surface area is 270 Å². The van der Waals surface area contributed by atoms with Crippen molar-refractivity contribution in [3.8, 4) is 55.6 Å². The van der Waals surface area contributed by atoms with Crippen LogP contribution < -0.4 is 0 Å². The average Bonchev–Trinajstić information content (AvgIpc) is 3.45. The highest BCUT2D eigenvalue weighted by Gasteiger charge is 2.23. The summed E-state index contributed by atoms with van der Waals surface area (Å²) in [4.78, 5) is 0. The standard InChI is InChI=1S/C46H32/c1-29-18-20-31(21-19-29)33-26-34(37-23-22-36-30(2)10-4-3-5-11-32-12-8-15-41(37)45(32)36)28-35(27-33)38-24-25-44-40-14-7-6-13-39(40)43-17-9-16-42(38)46(43)44/h3-10,12-28H,2,11H2,1H3/b5-3-,10-4-. The molecule has 0 atom stereocenters. The van der Waals surface area contributed by atoms with Crippen molar-refractivity contribution < 1.29 is 0 Å². The van der Waals surface area contributed by atoms with Gasteiger partial charge in [0.15, 0.2) is 0 Å². The smallest absolute Gasteiger partial charge is 0.00201 e. The third-order valence-electron chi connectivity index (χ3n) is 9.84. The normalized spacial score (nSPS) is 14.5. The van der Waals surface area contributed by atoms with Crippen LogP contribution >= 0.6 is 0 Å². The number of hydrogen-bond donors (Lipinski definition) is 0. The first-order valence-electron chi connectivity index (χ1n) is 16.1. The van der Waals surface area contributed by atoms with Gasteiger partial charge in [0, 0.05) is 0 Å². The lowest BCUT2D eigenvalue weighted by Gasteiger charge is -2.18. The maximum absolute atomic E-state index is 4.44. The van der Waals surface area contributed by atoms with Crippen molar-refractivity contribution in [1.82, 2.24) is 0 Å². The number of hydrogen-bond acceptors (Lipinski definition) is 0. The Balaban J connectivity index is 1.31. The summed E-state index contributed by atoms with van der Waals surface area (Å²) >= 11 is 0. The molecule has 0 aliphatic heterocycles. The van der Waals surface area contributed by atoms with E-state index in [4.69, 9.17) is 0 Å². The molecule has 0 radical (unpaired) electrons. The van der Waals surface area contributed by atoms with E-state index in [-0.39, 0.29) is 0 Å². The Morgan fingerprint density at radius 2 is 1.04 bits per heavy atom. The largest absolute Gasteiger partial charge is 0.0911 e. The number of benzene rings is 7. The zero-order chi connectivity index (χ0) is 30.8. The third-order valence-corrected chi connectivity index (χ3v) is 9.84. The highest BCUT2D eigenvalue weighted by molar-refractivity contribution is 6.19. The Morgan fingerprint density at radius 1 is 0.457 bits per heavy atom. The molecule has 0 heteroatoms. The van der Waals surface area contributed by atoms with Crippen LogP contribution in [-0.2, 0) is 6.42 Å². The van der Waals surface area contributed by atoms with E-state index in [2.05, 4.69) is 165 Å². The van der Waals surface area contributed by atoms with E-state index in [1.807, 2.05) is 0 Å². The van der Waals surface area contributed by atoms with E-state index in [1.165, 1.54) is 93.9 Å². The van der Waals surface area contributed by atoms with Crippen molar-refractivity contribution in [1.29, 1.82) is 0 Å². The van der Waals surface area contributed by atoms with Gasteiger partial charge in [-0.05, 0) is 125 Å². The summed E-state index contributed by atoms with van der Waals surface area (Å²) in [7, 11) is 0. The van der Waals surface area contributed by atoms with Crippen LogP contribution in [0.2, 0.25) is 0 Å². The van der Waals surface area contributed by atoms with E-state index in [0.29, 0.717) is 0 Å². The van der Waals surface area contributed by atoms with Gasteiger partial charge in [-0.2, -0.15) is 0 Å². The third kappa shape index (κ3) is 4.15. The van der Waals surface area contributed by atoms with Crippen molar-refractivity contribution >= 4 is 27.1 Å². The molecular formula is C46H32. The van der Waals surface area contributed by atoms with Gasteiger partial charge in [-0.1, -0.05) is 146 Å². The van der Waals surface area contributed by atoms with E-state index >= 15 is 0 Å². The van der Waals surface area contributed by atoms with E-state index < -0.39 is 0 Å². The number of allylic oxidation sites excluding steroid dienone is 5. The summed E-state index contributed by atoms with van der Waals surface area (Å²) in [6.45, 7) is 6.59. The fourth-order valence-electron chi connectivity index (χ4n) is 7.62. The predicted molar refractivity (Wildman–Crippen MR) is 198 cm³/mol. The maximum atomic E-state index is 4.44. The predicted octanol–water partition coefficient (Wildman–Crippen LogP) is 12.6. The van der Waals surface area contributed by atoms with Gasteiger partial charge in [-0.15, -0.1) is 0 Å². The highest BCUT2D eigenvalue weighted by Crippen LogP contribution is 2.50. The Hall–Kier alpha value is -5.72. The van der Waals surface area contributed by atoms with Crippen LogP contribution in [-0.4, -0.2) is 0 Å². The molecule has 0 unspecified atom stereocenters. The molecule has 9 rings (SSSR count). The molecule has 0 N–H and O–H groups in total.